The van der Waals surface area contributed by atoms with Crippen molar-refractivity contribution in [1.29, 1.82) is 0 Å². The third-order valence-corrected chi connectivity index (χ3v) is 2.59. The molecule has 0 unspecified atom stereocenters. The van der Waals surface area contributed by atoms with E-state index in [4.69, 9.17) is 5.11 Å². The van der Waals surface area contributed by atoms with Crippen molar-refractivity contribution in [3.8, 4) is 0 Å². The van der Waals surface area contributed by atoms with E-state index in [1.165, 1.54) is 0 Å². The van der Waals surface area contributed by atoms with Crippen LogP contribution >= 0.6 is 15.9 Å². The maximum absolute atomic E-state index is 10.7. The lowest BCUT2D eigenvalue weighted by Crippen LogP contribution is -1.95. The molecule has 0 aliphatic carbocycles. The summed E-state index contributed by atoms with van der Waals surface area (Å²) in [6.07, 6.45) is 3.33. The van der Waals surface area contributed by atoms with Crippen LogP contribution in [0.25, 0.3) is 10.8 Å². The maximum atomic E-state index is 10.7. The summed E-state index contributed by atoms with van der Waals surface area (Å²) < 4.78 is 0.868. The number of carboxylic acids is 1. The van der Waals surface area contributed by atoms with E-state index in [9.17, 15) is 4.79 Å². The van der Waals surface area contributed by atoms with E-state index in [0.717, 1.165) is 15.2 Å². The average molecular weight is 252 g/mol. The Kier molecular flexibility index (Phi) is 2.21. The molecule has 0 saturated heterocycles. The lowest BCUT2D eigenvalue weighted by molar-refractivity contribution is 0.0697. The summed E-state index contributed by atoms with van der Waals surface area (Å²) in [4.78, 5) is 14.7. The molecule has 0 radical (unpaired) electrons. The second-order valence-corrected chi connectivity index (χ2v) is 3.72. The Labute approximate surface area is 88.5 Å². The molecule has 1 heterocycles. The van der Waals surface area contributed by atoms with Crippen LogP contribution in [0.15, 0.2) is 35.1 Å². The highest BCUT2D eigenvalue weighted by atomic mass is 79.9. The fourth-order valence-corrected chi connectivity index (χ4v) is 1.75. The molecule has 0 atom stereocenters. The highest BCUT2D eigenvalue weighted by molar-refractivity contribution is 9.10. The largest absolute Gasteiger partial charge is 0.478 e. The van der Waals surface area contributed by atoms with Gasteiger partial charge in [-0.25, -0.2) is 4.79 Å². The molecule has 2 aromatic rings. The van der Waals surface area contributed by atoms with Crippen LogP contribution in [0.1, 0.15) is 10.4 Å². The number of rotatable bonds is 1. The van der Waals surface area contributed by atoms with Crippen molar-refractivity contribution < 1.29 is 9.90 Å². The molecule has 70 valence electrons. The van der Waals surface area contributed by atoms with Crippen LogP contribution in [0, 0.1) is 0 Å². The minimum atomic E-state index is -0.924. The van der Waals surface area contributed by atoms with Gasteiger partial charge >= 0.3 is 5.97 Å². The number of benzene rings is 1. The minimum Gasteiger partial charge on any atom is -0.478 e. The van der Waals surface area contributed by atoms with E-state index in [0.29, 0.717) is 0 Å². The Morgan fingerprint density at radius 1 is 1.36 bits per heavy atom. The zero-order valence-electron chi connectivity index (χ0n) is 7.07. The number of carbonyl (C=O) groups is 1. The van der Waals surface area contributed by atoms with Crippen LogP contribution < -0.4 is 0 Å². The number of aromatic nitrogens is 1. The van der Waals surface area contributed by atoms with Gasteiger partial charge in [0.2, 0.25) is 0 Å². The predicted molar refractivity (Wildman–Crippen MR) is 56.4 cm³/mol. The molecule has 2 rings (SSSR count). The van der Waals surface area contributed by atoms with Crippen molar-refractivity contribution in [3.63, 3.8) is 0 Å². The topological polar surface area (TPSA) is 50.2 Å². The number of fused-ring (bicyclic) bond motifs is 1. The van der Waals surface area contributed by atoms with Gasteiger partial charge in [-0.05, 0) is 33.4 Å². The van der Waals surface area contributed by atoms with Crippen LogP contribution in [0.3, 0.4) is 0 Å². The summed E-state index contributed by atoms with van der Waals surface area (Å²) in [7, 11) is 0. The first-order valence-electron chi connectivity index (χ1n) is 3.95. The molecular weight excluding hydrogens is 246 g/mol. The Morgan fingerprint density at radius 2 is 2.14 bits per heavy atom. The molecular formula is C10H6BrNO2. The lowest BCUT2D eigenvalue weighted by Gasteiger charge is -2.00. The number of halogens is 1. The number of hydrogen-bond donors (Lipinski definition) is 1. The SMILES string of the molecule is O=C(O)c1ccc2c(Br)cncc2c1. The third kappa shape index (κ3) is 1.48. The normalized spacial score (nSPS) is 10.4. The van der Waals surface area contributed by atoms with Gasteiger partial charge in [0.15, 0.2) is 0 Å². The van der Waals surface area contributed by atoms with E-state index in [2.05, 4.69) is 20.9 Å². The average Bonchev–Trinajstić information content (AvgIpc) is 2.17. The van der Waals surface area contributed by atoms with Gasteiger partial charge in [-0.1, -0.05) is 6.07 Å². The summed E-state index contributed by atoms with van der Waals surface area (Å²) in [5.41, 5.74) is 0.275. The monoisotopic (exact) mass is 251 g/mol. The molecule has 14 heavy (non-hydrogen) atoms. The second-order valence-electron chi connectivity index (χ2n) is 2.86. The fraction of sp³-hybridized carbons (Fsp3) is 0. The Morgan fingerprint density at radius 3 is 2.86 bits per heavy atom. The number of carboxylic acid groups (broad SMARTS) is 1. The van der Waals surface area contributed by atoms with Crippen LogP contribution in [0.5, 0.6) is 0 Å². The van der Waals surface area contributed by atoms with E-state index in [1.54, 1.807) is 30.6 Å². The molecule has 0 spiro atoms. The highest BCUT2D eigenvalue weighted by Gasteiger charge is 2.04. The quantitative estimate of drug-likeness (QED) is 0.848. The van der Waals surface area contributed by atoms with Gasteiger partial charge in [-0.15, -0.1) is 0 Å². The van der Waals surface area contributed by atoms with E-state index < -0.39 is 5.97 Å². The molecule has 0 amide bonds. The smallest absolute Gasteiger partial charge is 0.335 e. The molecule has 0 fully saturated rings. The van der Waals surface area contributed by atoms with Crippen LogP contribution in [0.4, 0.5) is 0 Å². The van der Waals surface area contributed by atoms with Gasteiger partial charge in [0.25, 0.3) is 0 Å². The predicted octanol–water partition coefficient (Wildman–Crippen LogP) is 2.70. The first-order chi connectivity index (χ1) is 6.68. The molecule has 0 bridgehead atoms. The van der Waals surface area contributed by atoms with E-state index in [1.807, 2.05) is 0 Å². The van der Waals surface area contributed by atoms with Gasteiger partial charge in [-0.3, -0.25) is 4.98 Å². The van der Waals surface area contributed by atoms with E-state index in [-0.39, 0.29) is 5.56 Å². The maximum Gasteiger partial charge on any atom is 0.335 e. The van der Waals surface area contributed by atoms with Gasteiger partial charge in [0, 0.05) is 22.3 Å². The van der Waals surface area contributed by atoms with Gasteiger partial charge in [-0.2, -0.15) is 0 Å². The lowest BCUT2D eigenvalue weighted by atomic mass is 10.1. The zero-order chi connectivity index (χ0) is 10.1. The molecule has 3 nitrogen and oxygen atoms in total. The molecule has 1 aromatic heterocycles. The van der Waals surface area contributed by atoms with Crippen molar-refractivity contribution in [2.75, 3.05) is 0 Å². The molecule has 1 aromatic carbocycles. The van der Waals surface area contributed by atoms with Crippen molar-refractivity contribution in [2.45, 2.75) is 0 Å². The van der Waals surface area contributed by atoms with E-state index >= 15 is 0 Å². The number of nitrogens with zero attached hydrogens (tertiary/aromatic N) is 1. The summed E-state index contributed by atoms with van der Waals surface area (Å²) >= 11 is 3.35. The zero-order valence-corrected chi connectivity index (χ0v) is 8.65. The number of aromatic carboxylic acids is 1. The summed E-state index contributed by atoms with van der Waals surface area (Å²) in [5.74, 6) is -0.924. The number of pyridine rings is 1. The summed E-state index contributed by atoms with van der Waals surface area (Å²) in [5, 5.41) is 10.6. The molecule has 0 saturated carbocycles. The van der Waals surface area contributed by atoms with Crippen LogP contribution in [-0.4, -0.2) is 16.1 Å². The fourth-order valence-electron chi connectivity index (χ4n) is 1.27. The first kappa shape index (κ1) is 9.15. The molecule has 4 heteroatoms. The van der Waals surface area contributed by atoms with Gasteiger partial charge in [0.05, 0.1) is 5.56 Å². The molecule has 1 N–H and O–H groups in total. The standard InChI is InChI=1S/C10H6BrNO2/c11-9-5-12-4-7-3-6(10(13)14)1-2-8(7)9/h1-5H,(H,13,14). The van der Waals surface area contributed by atoms with Gasteiger partial charge < -0.3 is 5.11 Å². The highest BCUT2D eigenvalue weighted by Crippen LogP contribution is 2.23. The number of hydrogen-bond acceptors (Lipinski definition) is 2. The van der Waals surface area contributed by atoms with Crippen molar-refractivity contribution in [2.24, 2.45) is 0 Å². The molecule has 0 aliphatic heterocycles. The van der Waals surface area contributed by atoms with Crippen LogP contribution in [0.2, 0.25) is 0 Å². The first-order valence-corrected chi connectivity index (χ1v) is 4.74. The Balaban J connectivity index is 2.73. The van der Waals surface area contributed by atoms with Crippen molar-refractivity contribution in [1.82, 2.24) is 4.98 Å². The minimum absolute atomic E-state index is 0.275. The Hall–Kier alpha value is -1.42. The third-order valence-electron chi connectivity index (χ3n) is 1.96. The van der Waals surface area contributed by atoms with Gasteiger partial charge in [0.1, 0.15) is 0 Å². The second kappa shape index (κ2) is 3.38. The van der Waals surface area contributed by atoms with Crippen molar-refractivity contribution in [3.05, 3.63) is 40.6 Å². The van der Waals surface area contributed by atoms with Crippen molar-refractivity contribution >= 4 is 32.7 Å². The van der Waals surface area contributed by atoms with Crippen LogP contribution in [-0.2, 0) is 0 Å². The summed E-state index contributed by atoms with van der Waals surface area (Å²) in [6.45, 7) is 0. The summed E-state index contributed by atoms with van der Waals surface area (Å²) in [6, 6.07) is 4.95. The Bertz CT molecular complexity index is 510. The molecule has 0 aliphatic rings.